The first-order valence-electron chi connectivity index (χ1n) is 5.00. The van der Waals surface area contributed by atoms with E-state index in [0.717, 1.165) is 5.75 Å². The Hall–Kier alpha value is -1.13. The Kier molecular flexibility index (Phi) is 2.99. The summed E-state index contributed by atoms with van der Waals surface area (Å²) in [5, 5.41) is 13.4. The van der Waals surface area contributed by atoms with E-state index in [4.69, 9.17) is 4.74 Å². The van der Waals surface area contributed by atoms with Gasteiger partial charge < -0.3 is 4.74 Å². The van der Waals surface area contributed by atoms with Crippen molar-refractivity contribution in [1.29, 1.82) is 0 Å². The van der Waals surface area contributed by atoms with E-state index in [1.165, 1.54) is 11.3 Å². The molecule has 1 aliphatic heterocycles. The molecular weight excluding hydrogens is 296 g/mol. The molecule has 1 fully saturated rings. The van der Waals surface area contributed by atoms with Gasteiger partial charge in [0, 0.05) is 11.0 Å². The van der Waals surface area contributed by atoms with E-state index in [9.17, 15) is 8.42 Å². The van der Waals surface area contributed by atoms with Crippen LogP contribution in [0, 0.1) is 0 Å². The van der Waals surface area contributed by atoms with Gasteiger partial charge in [-0.25, -0.2) is 8.42 Å². The molecule has 0 amide bonds. The summed E-state index contributed by atoms with van der Waals surface area (Å²) >= 11 is 2.97. The molecule has 0 aromatic carbocycles. The Bertz CT molecular complexity index is 632. The first-order valence-corrected chi connectivity index (χ1v) is 8.53. The Balaban J connectivity index is 1.76. The second-order valence-electron chi connectivity index (χ2n) is 3.56. The van der Waals surface area contributed by atoms with Crippen LogP contribution in [-0.2, 0) is 10.0 Å². The first-order chi connectivity index (χ1) is 8.63. The van der Waals surface area contributed by atoms with E-state index < -0.39 is 10.0 Å². The third-order valence-electron chi connectivity index (χ3n) is 2.11. The Morgan fingerprint density at radius 3 is 3.06 bits per heavy atom. The maximum absolute atomic E-state index is 11.8. The quantitative estimate of drug-likeness (QED) is 0.756. The van der Waals surface area contributed by atoms with Gasteiger partial charge in [0.2, 0.25) is 0 Å². The predicted octanol–water partition coefficient (Wildman–Crippen LogP) is 0.820. The molecule has 2 aromatic heterocycles. The molecule has 18 heavy (non-hydrogen) atoms. The zero-order chi connectivity index (χ0) is 12.6. The van der Waals surface area contributed by atoms with Crippen molar-refractivity contribution < 1.29 is 13.2 Å². The monoisotopic (exact) mass is 304 g/mol. The van der Waals surface area contributed by atoms with Gasteiger partial charge in [-0.05, 0) is 26.9 Å². The fraction of sp³-hybridized carbons (Fsp3) is 0.375. The maximum Gasteiger partial charge on any atom is 0.363 e. The molecule has 7 nitrogen and oxygen atoms in total. The van der Waals surface area contributed by atoms with Crippen molar-refractivity contribution in [3.8, 4) is 11.1 Å². The standard InChI is InChI=1S/C8H8N4O3S3/c13-18(14,5-6-4-17-6)12-10-8(9-11-12)15-7-2-1-3-16-7/h1-3,6H,4-5H2. The SMILES string of the molecule is O=S(=O)(CC1CS1)n1nnc(Oc2cccs2)n1. The lowest BCUT2D eigenvalue weighted by atomic mass is 10.6. The van der Waals surface area contributed by atoms with Crippen LogP contribution in [0.2, 0.25) is 0 Å². The molecule has 0 N–H and O–H groups in total. The number of hydrogen-bond donors (Lipinski definition) is 0. The molecule has 2 aromatic rings. The summed E-state index contributed by atoms with van der Waals surface area (Å²) in [6, 6.07) is 3.48. The van der Waals surface area contributed by atoms with Crippen LogP contribution in [0.4, 0.5) is 0 Å². The van der Waals surface area contributed by atoms with Gasteiger partial charge in [-0.15, -0.1) is 11.3 Å². The zero-order valence-electron chi connectivity index (χ0n) is 8.96. The highest BCUT2D eigenvalue weighted by molar-refractivity contribution is 8.07. The van der Waals surface area contributed by atoms with Gasteiger partial charge in [-0.2, -0.15) is 11.8 Å². The van der Waals surface area contributed by atoms with Gasteiger partial charge in [0.1, 0.15) is 0 Å². The zero-order valence-corrected chi connectivity index (χ0v) is 11.4. The van der Waals surface area contributed by atoms with Gasteiger partial charge in [0.25, 0.3) is 10.0 Å². The third kappa shape index (κ3) is 2.65. The van der Waals surface area contributed by atoms with E-state index in [0.29, 0.717) is 9.27 Å². The van der Waals surface area contributed by atoms with Gasteiger partial charge in [0.05, 0.1) is 5.75 Å². The molecule has 1 saturated heterocycles. The number of nitrogens with zero attached hydrogens (tertiary/aromatic N) is 4. The minimum atomic E-state index is -3.52. The van der Waals surface area contributed by atoms with Gasteiger partial charge in [-0.1, -0.05) is 10.2 Å². The maximum atomic E-state index is 11.8. The lowest BCUT2D eigenvalue weighted by Gasteiger charge is -1.98. The summed E-state index contributed by atoms with van der Waals surface area (Å²) in [6.45, 7) is 0. The predicted molar refractivity (Wildman–Crippen MR) is 67.6 cm³/mol. The third-order valence-corrected chi connectivity index (χ3v) is 5.52. The van der Waals surface area contributed by atoms with E-state index in [2.05, 4.69) is 15.4 Å². The van der Waals surface area contributed by atoms with Crippen molar-refractivity contribution in [3.63, 3.8) is 0 Å². The highest BCUT2D eigenvalue weighted by Crippen LogP contribution is 2.31. The van der Waals surface area contributed by atoms with Crippen LogP contribution < -0.4 is 4.74 Å². The minimum Gasteiger partial charge on any atom is -0.411 e. The minimum absolute atomic E-state index is 0.0342. The Labute approximate surface area is 111 Å². The molecule has 0 radical (unpaired) electrons. The van der Waals surface area contributed by atoms with Crippen molar-refractivity contribution in [2.45, 2.75) is 5.25 Å². The van der Waals surface area contributed by atoms with E-state index in [1.54, 1.807) is 17.8 Å². The fourth-order valence-electron chi connectivity index (χ4n) is 1.23. The molecule has 0 saturated carbocycles. The molecule has 1 aliphatic rings. The number of hydrogen-bond acceptors (Lipinski definition) is 8. The summed E-state index contributed by atoms with van der Waals surface area (Å²) in [7, 11) is -3.52. The molecule has 3 heterocycles. The number of thiophene rings is 1. The van der Waals surface area contributed by atoms with Crippen LogP contribution in [0.1, 0.15) is 0 Å². The van der Waals surface area contributed by atoms with Crippen molar-refractivity contribution >= 4 is 33.1 Å². The van der Waals surface area contributed by atoms with Crippen LogP contribution in [0.25, 0.3) is 0 Å². The first kappa shape index (κ1) is 11.9. The molecule has 3 rings (SSSR count). The average molecular weight is 304 g/mol. The fourth-order valence-corrected chi connectivity index (χ4v) is 4.16. The largest absolute Gasteiger partial charge is 0.411 e. The summed E-state index contributed by atoms with van der Waals surface area (Å²) in [5.74, 6) is 0.902. The normalized spacial score (nSPS) is 18.8. The lowest BCUT2D eigenvalue weighted by molar-refractivity contribution is 0.453. The summed E-state index contributed by atoms with van der Waals surface area (Å²) < 4.78 is 29.6. The van der Waals surface area contributed by atoms with Crippen LogP contribution in [0.5, 0.6) is 11.1 Å². The highest BCUT2D eigenvalue weighted by atomic mass is 32.2. The molecule has 0 aliphatic carbocycles. The Morgan fingerprint density at radius 1 is 1.56 bits per heavy atom. The smallest absolute Gasteiger partial charge is 0.363 e. The molecule has 10 heteroatoms. The van der Waals surface area contributed by atoms with Crippen LogP contribution in [0.3, 0.4) is 0 Å². The van der Waals surface area contributed by atoms with E-state index >= 15 is 0 Å². The highest BCUT2D eigenvalue weighted by Gasteiger charge is 2.31. The molecule has 1 unspecified atom stereocenters. The number of tetrazole rings is 1. The van der Waals surface area contributed by atoms with Crippen LogP contribution in [0.15, 0.2) is 17.5 Å². The van der Waals surface area contributed by atoms with E-state index in [1.807, 2.05) is 11.4 Å². The lowest BCUT2D eigenvalue weighted by Crippen LogP contribution is -2.22. The van der Waals surface area contributed by atoms with Crippen LogP contribution >= 0.6 is 23.1 Å². The topological polar surface area (TPSA) is 87.0 Å². The number of rotatable bonds is 5. The van der Waals surface area contributed by atoms with Crippen molar-refractivity contribution in [1.82, 2.24) is 19.6 Å². The second-order valence-corrected chi connectivity index (χ2v) is 7.63. The van der Waals surface area contributed by atoms with Gasteiger partial charge >= 0.3 is 6.01 Å². The van der Waals surface area contributed by atoms with Gasteiger partial charge in [0.15, 0.2) is 5.06 Å². The van der Waals surface area contributed by atoms with Crippen molar-refractivity contribution in [3.05, 3.63) is 17.5 Å². The second kappa shape index (κ2) is 4.52. The van der Waals surface area contributed by atoms with Gasteiger partial charge in [-0.3, -0.25) is 0 Å². The van der Waals surface area contributed by atoms with Crippen LogP contribution in [-0.4, -0.2) is 44.8 Å². The van der Waals surface area contributed by atoms with Crippen molar-refractivity contribution in [2.75, 3.05) is 11.5 Å². The number of aromatic nitrogens is 4. The molecule has 0 spiro atoms. The summed E-state index contributed by atoms with van der Waals surface area (Å²) in [4.78, 5) is 0. The molecule has 96 valence electrons. The summed E-state index contributed by atoms with van der Waals surface area (Å²) in [6.07, 6.45) is 0. The number of ether oxygens (including phenoxy) is 1. The summed E-state index contributed by atoms with van der Waals surface area (Å²) in [5.41, 5.74) is 0. The average Bonchev–Trinajstić information content (AvgIpc) is 2.84. The molecule has 0 bridgehead atoms. The number of thioether (sulfide) groups is 1. The Morgan fingerprint density at radius 2 is 2.39 bits per heavy atom. The molecule has 1 atom stereocenters. The van der Waals surface area contributed by atoms with Crippen molar-refractivity contribution in [2.24, 2.45) is 0 Å². The molecular formula is C8H8N4O3S3. The van der Waals surface area contributed by atoms with E-state index in [-0.39, 0.29) is 17.0 Å².